The van der Waals surface area contributed by atoms with E-state index in [-0.39, 0.29) is 0 Å². The van der Waals surface area contributed by atoms with Crippen molar-refractivity contribution in [2.24, 2.45) is 0 Å². The molecule has 4 heteroatoms. The van der Waals surface area contributed by atoms with Gasteiger partial charge in [0.15, 0.2) is 0 Å². The summed E-state index contributed by atoms with van der Waals surface area (Å²) in [6.07, 6.45) is 4.69. The Labute approximate surface area is 105 Å². The summed E-state index contributed by atoms with van der Waals surface area (Å²) >= 11 is 0. The number of aromatic nitrogens is 2. The second-order valence-electron chi connectivity index (χ2n) is 4.38. The lowest BCUT2D eigenvalue weighted by Gasteiger charge is -2.08. The van der Waals surface area contributed by atoms with Gasteiger partial charge in [0.1, 0.15) is 0 Å². The summed E-state index contributed by atoms with van der Waals surface area (Å²) < 4.78 is 5.25. The lowest BCUT2D eigenvalue weighted by molar-refractivity contribution is 0.176. The minimum Gasteiger partial charge on any atom is -0.481 e. The summed E-state index contributed by atoms with van der Waals surface area (Å²) in [5, 5.41) is 9.74. The number of hydrogen-bond donors (Lipinski definition) is 1. The summed E-state index contributed by atoms with van der Waals surface area (Å²) in [6, 6.07) is 5.90. The number of fused-ring (bicyclic) bond motifs is 1. The molecule has 0 spiro atoms. The lowest BCUT2D eigenvalue weighted by Crippen LogP contribution is -1.96. The third kappa shape index (κ3) is 1.75. The first-order valence-electron chi connectivity index (χ1n) is 5.96. The van der Waals surface area contributed by atoms with Crippen LogP contribution in [0.2, 0.25) is 0 Å². The minimum absolute atomic E-state index is 0.412. The van der Waals surface area contributed by atoms with E-state index >= 15 is 0 Å². The number of hydrogen-bond acceptors (Lipinski definition) is 4. The predicted molar refractivity (Wildman–Crippen MR) is 67.3 cm³/mol. The quantitative estimate of drug-likeness (QED) is 0.876. The fraction of sp³-hybridized carbons (Fsp3) is 0.286. The van der Waals surface area contributed by atoms with Gasteiger partial charge < -0.3 is 9.84 Å². The van der Waals surface area contributed by atoms with E-state index < -0.39 is 6.10 Å². The first-order valence-corrected chi connectivity index (χ1v) is 5.96. The topological polar surface area (TPSA) is 55.2 Å². The van der Waals surface area contributed by atoms with Crippen LogP contribution in [-0.4, -0.2) is 22.2 Å². The predicted octanol–water partition coefficient (Wildman–Crippen LogP) is 2.13. The number of pyridine rings is 2. The molecule has 18 heavy (non-hydrogen) atoms. The molecule has 2 aromatic heterocycles. The van der Waals surface area contributed by atoms with Crippen LogP contribution in [0.25, 0.3) is 11.1 Å². The van der Waals surface area contributed by atoms with Crippen LogP contribution in [0.1, 0.15) is 23.8 Å². The van der Waals surface area contributed by atoms with Gasteiger partial charge in [0.2, 0.25) is 5.88 Å². The van der Waals surface area contributed by atoms with Crippen molar-refractivity contribution in [2.45, 2.75) is 18.9 Å². The Hall–Kier alpha value is -1.94. The van der Waals surface area contributed by atoms with Crippen molar-refractivity contribution in [2.75, 3.05) is 7.11 Å². The third-order valence-corrected chi connectivity index (χ3v) is 3.28. The zero-order valence-electron chi connectivity index (χ0n) is 10.1. The van der Waals surface area contributed by atoms with Crippen LogP contribution in [0.15, 0.2) is 30.6 Å². The van der Waals surface area contributed by atoms with Crippen LogP contribution >= 0.6 is 0 Å². The van der Waals surface area contributed by atoms with Gasteiger partial charge in [-0.1, -0.05) is 0 Å². The fourth-order valence-corrected chi connectivity index (χ4v) is 2.37. The highest BCUT2D eigenvalue weighted by atomic mass is 16.5. The standard InChI is InChI=1S/C14H14N2O2/c1-18-14-11(3-2-6-15-14)10-7-9-4-5-12(17)13(9)16-8-10/h2-3,6-8,12,17H,4-5H2,1H3. The Morgan fingerprint density at radius 2 is 2.28 bits per heavy atom. The molecule has 4 nitrogen and oxygen atoms in total. The van der Waals surface area contributed by atoms with E-state index in [0.29, 0.717) is 5.88 Å². The Kier molecular flexibility index (Phi) is 2.72. The van der Waals surface area contributed by atoms with Crippen molar-refractivity contribution in [3.8, 4) is 17.0 Å². The molecular weight excluding hydrogens is 228 g/mol. The van der Waals surface area contributed by atoms with Gasteiger partial charge in [0.05, 0.1) is 18.9 Å². The van der Waals surface area contributed by atoms with Crippen LogP contribution < -0.4 is 4.74 Å². The summed E-state index contributed by atoms with van der Waals surface area (Å²) in [5.41, 5.74) is 3.83. The summed E-state index contributed by atoms with van der Waals surface area (Å²) in [7, 11) is 1.61. The van der Waals surface area contributed by atoms with Crippen LogP contribution in [0.4, 0.5) is 0 Å². The highest BCUT2D eigenvalue weighted by Gasteiger charge is 2.22. The van der Waals surface area contributed by atoms with Crippen molar-refractivity contribution >= 4 is 0 Å². The van der Waals surface area contributed by atoms with Gasteiger partial charge in [0.25, 0.3) is 0 Å². The highest BCUT2D eigenvalue weighted by molar-refractivity contribution is 5.68. The summed E-state index contributed by atoms with van der Waals surface area (Å²) in [6.45, 7) is 0. The molecule has 0 bridgehead atoms. The molecule has 1 aliphatic carbocycles. The van der Waals surface area contributed by atoms with Gasteiger partial charge in [-0.25, -0.2) is 4.98 Å². The fourth-order valence-electron chi connectivity index (χ4n) is 2.37. The molecule has 0 amide bonds. The molecule has 0 aliphatic heterocycles. The van der Waals surface area contributed by atoms with Gasteiger partial charge in [-0.15, -0.1) is 0 Å². The van der Waals surface area contributed by atoms with Gasteiger partial charge >= 0.3 is 0 Å². The monoisotopic (exact) mass is 242 g/mol. The van der Waals surface area contributed by atoms with E-state index in [9.17, 15) is 5.11 Å². The molecule has 1 N–H and O–H groups in total. The average molecular weight is 242 g/mol. The Morgan fingerprint density at radius 1 is 1.39 bits per heavy atom. The van der Waals surface area contributed by atoms with E-state index in [4.69, 9.17) is 4.74 Å². The number of nitrogens with zero attached hydrogens (tertiary/aromatic N) is 2. The molecular formula is C14H14N2O2. The number of ether oxygens (including phenoxy) is 1. The lowest BCUT2D eigenvalue weighted by atomic mass is 10.1. The van der Waals surface area contributed by atoms with Gasteiger partial charge in [-0.2, -0.15) is 0 Å². The van der Waals surface area contributed by atoms with E-state index in [1.807, 2.05) is 12.1 Å². The first-order chi connectivity index (χ1) is 8.79. The van der Waals surface area contributed by atoms with Crippen LogP contribution in [-0.2, 0) is 6.42 Å². The smallest absolute Gasteiger partial charge is 0.221 e. The third-order valence-electron chi connectivity index (χ3n) is 3.28. The molecule has 1 atom stereocenters. The first kappa shape index (κ1) is 11.2. The second-order valence-corrected chi connectivity index (χ2v) is 4.38. The van der Waals surface area contributed by atoms with E-state index in [1.54, 1.807) is 19.5 Å². The van der Waals surface area contributed by atoms with Crippen molar-refractivity contribution in [1.82, 2.24) is 9.97 Å². The molecule has 0 saturated carbocycles. The number of rotatable bonds is 2. The number of aliphatic hydroxyl groups is 1. The minimum atomic E-state index is -0.412. The Balaban J connectivity index is 2.08. The molecule has 0 fully saturated rings. The van der Waals surface area contributed by atoms with Crippen LogP contribution in [0.5, 0.6) is 5.88 Å². The number of methoxy groups -OCH3 is 1. The Bertz CT molecular complexity index is 584. The molecule has 2 heterocycles. The number of aliphatic hydroxyl groups excluding tert-OH is 1. The SMILES string of the molecule is COc1ncccc1-c1cnc2c(c1)CCC2O. The molecule has 0 aromatic carbocycles. The van der Waals surface area contributed by atoms with Gasteiger partial charge in [-0.3, -0.25) is 4.98 Å². The summed E-state index contributed by atoms with van der Waals surface area (Å²) in [4.78, 5) is 8.54. The zero-order chi connectivity index (χ0) is 12.5. The maximum Gasteiger partial charge on any atom is 0.221 e. The maximum atomic E-state index is 9.74. The highest BCUT2D eigenvalue weighted by Crippen LogP contribution is 2.34. The molecule has 3 rings (SSSR count). The molecule has 0 radical (unpaired) electrons. The van der Waals surface area contributed by atoms with Crippen molar-refractivity contribution < 1.29 is 9.84 Å². The van der Waals surface area contributed by atoms with Crippen molar-refractivity contribution in [1.29, 1.82) is 0 Å². The molecule has 0 saturated heterocycles. The molecule has 1 aliphatic rings. The van der Waals surface area contributed by atoms with E-state index in [0.717, 1.165) is 35.2 Å². The normalized spacial score (nSPS) is 17.6. The molecule has 1 unspecified atom stereocenters. The van der Waals surface area contributed by atoms with Gasteiger partial charge in [0, 0.05) is 23.5 Å². The summed E-state index contributed by atoms with van der Waals surface area (Å²) in [5.74, 6) is 0.595. The largest absolute Gasteiger partial charge is 0.481 e. The van der Waals surface area contributed by atoms with Crippen molar-refractivity contribution in [3.63, 3.8) is 0 Å². The van der Waals surface area contributed by atoms with Crippen LogP contribution in [0, 0.1) is 0 Å². The average Bonchev–Trinajstić information content (AvgIpc) is 2.80. The van der Waals surface area contributed by atoms with E-state index in [2.05, 4.69) is 16.0 Å². The second kappa shape index (κ2) is 4.38. The maximum absolute atomic E-state index is 9.74. The van der Waals surface area contributed by atoms with Gasteiger partial charge in [-0.05, 0) is 36.6 Å². The van der Waals surface area contributed by atoms with E-state index in [1.165, 1.54) is 0 Å². The van der Waals surface area contributed by atoms with Crippen LogP contribution in [0.3, 0.4) is 0 Å². The Morgan fingerprint density at radius 3 is 3.11 bits per heavy atom. The number of aryl methyl sites for hydroxylation is 1. The molecule has 2 aromatic rings. The van der Waals surface area contributed by atoms with Crippen molar-refractivity contribution in [3.05, 3.63) is 41.9 Å². The molecule has 92 valence electrons. The zero-order valence-corrected chi connectivity index (χ0v) is 10.1.